The number of aliphatic carboxylic acids is 2. The Labute approximate surface area is 601 Å². The minimum Gasteiger partial charge on any atom is -0.508 e. The van der Waals surface area contributed by atoms with Crippen LogP contribution in [0.15, 0.2) is 51.9 Å². The Morgan fingerprint density at radius 3 is 0.841 bits per heavy atom. The third kappa shape index (κ3) is 18.7. The maximum atomic E-state index is 12.4. The monoisotopic (exact) mass is 1550 g/mol. The normalized spacial score (nSPS) is 43.0. The van der Waals surface area contributed by atoms with Gasteiger partial charge in [-0.1, -0.05) is 12.1 Å². The third-order valence-electron chi connectivity index (χ3n) is 18.8. The Balaban J connectivity index is 0.000000362. The molecule has 21 aliphatic heterocycles. The van der Waals surface area contributed by atoms with Crippen LogP contribution in [0.1, 0.15) is 12.8 Å². The van der Waals surface area contributed by atoms with Crippen molar-refractivity contribution in [3.8, 4) is 28.4 Å². The average Bonchev–Trinajstić information content (AvgIpc) is 0.841. The first-order valence-corrected chi connectivity index (χ1v) is 33.2. The Morgan fingerprint density at radius 2 is 0.617 bits per heavy atom. The number of fused-ring (bicyclic) bond motifs is 1. The van der Waals surface area contributed by atoms with E-state index in [0.29, 0.717) is 5.56 Å². The molecular weight excluding hydrogens is 1460 g/mol. The molecule has 21 saturated heterocycles. The summed E-state index contributed by atoms with van der Waals surface area (Å²) in [5.74, 6) is -2.63. The molecule has 45 nitrogen and oxygen atoms in total. The summed E-state index contributed by atoms with van der Waals surface area (Å²) in [7, 11) is 0. The molecule has 0 unspecified atom stereocenters. The molecule has 28 N–H and O–H groups in total. The van der Waals surface area contributed by atoms with E-state index in [9.17, 15) is 137 Å². The van der Waals surface area contributed by atoms with Crippen molar-refractivity contribution in [3.05, 3.63) is 52.9 Å². The minimum absolute atomic E-state index is 0.00775. The van der Waals surface area contributed by atoms with Crippen LogP contribution >= 0.6 is 0 Å². The number of rotatable bonds is 12. The first-order chi connectivity index (χ1) is 50.7. The van der Waals surface area contributed by atoms with Gasteiger partial charge in [-0.3, -0.25) is 14.4 Å². The summed E-state index contributed by atoms with van der Waals surface area (Å²) in [6.07, 6.45) is -69.2. The van der Waals surface area contributed by atoms with Crippen molar-refractivity contribution in [3.63, 3.8) is 0 Å². The average molecular weight is 1550 g/mol. The van der Waals surface area contributed by atoms with Gasteiger partial charge in [-0.15, -0.1) is 0 Å². The number of carboxylic acids is 2. The number of ether oxygens (including phenoxy) is 14. The fourth-order valence-electron chi connectivity index (χ4n) is 12.9. The zero-order valence-corrected chi connectivity index (χ0v) is 55.7. The van der Waals surface area contributed by atoms with Gasteiger partial charge in [-0.05, 0) is 24.1 Å². The van der Waals surface area contributed by atoms with E-state index in [1.807, 2.05) is 0 Å². The number of hydrogen-bond acceptors (Lipinski definition) is 43. The molecule has 21 aliphatic rings. The van der Waals surface area contributed by atoms with Gasteiger partial charge in [0.05, 0.1) is 51.8 Å². The van der Waals surface area contributed by atoms with Crippen LogP contribution < -0.4 is 11.2 Å². The van der Waals surface area contributed by atoms with Crippen molar-refractivity contribution in [2.45, 2.75) is 234 Å². The number of benzene rings is 2. The lowest BCUT2D eigenvalue weighted by molar-refractivity contribution is -0.396. The largest absolute Gasteiger partial charge is 0.508 e. The molecule has 0 saturated carbocycles. The van der Waals surface area contributed by atoms with E-state index in [-0.39, 0.29) is 46.6 Å². The Hall–Kier alpha value is -5.45. The van der Waals surface area contributed by atoms with Gasteiger partial charge < -0.3 is 209 Å². The van der Waals surface area contributed by atoms with E-state index in [0.717, 1.165) is 6.07 Å². The molecule has 0 amide bonds. The van der Waals surface area contributed by atoms with Crippen LogP contribution in [0.3, 0.4) is 0 Å². The van der Waals surface area contributed by atoms with Crippen molar-refractivity contribution in [1.82, 2.24) is 0 Å². The van der Waals surface area contributed by atoms with E-state index < -0.39 is 285 Å². The quantitative estimate of drug-likeness (QED) is 0.0801. The first kappa shape index (κ1) is 85.5. The minimum atomic E-state index is -2.21. The van der Waals surface area contributed by atoms with Crippen molar-refractivity contribution < 1.29 is 213 Å². The van der Waals surface area contributed by atoms with Gasteiger partial charge in [-0.25, -0.2) is 0 Å². The standard InChI is InChI=1S/C42H70O35.C15H10O5.C5H9NO4/c43-1-8-29-15(50)22(57)36(64-8)72-30-9(2-44)66-38(24(59)17(30)52)74-32-11(4-46)68-40(26(61)19(32)54)76-34-13(6-48)70-42(28(63)21(34)56)77-35-14(7-49)69-41(27(62)20(35)55)75-33-12(5-47)67-39(25(60)18(33)53)73-31-10(3-45)65-37(71-29)23(58)16(31)51;16-9-3-1-8(2-4-9)11-7-20-13-6-10(17)5-12(18)14(13)15(11)19;6-3(5(9)10)1-2-4(7)8/h8-63H,1-7H2;1-7,16-18H;3H,1-2,6H2,(H,7,8)(H,9,10)/t8-,9-,10-,11-,12-,13-,14-,15-,16-,17-,18-,19-,20-,21-,22-,23-,24-,25-,26-,27-,28-,29-,30-,31-,32-,33-,34-,35-,36-,37-,38-,39-,40-,41-,42-;;3-/m1.0/s1. The van der Waals surface area contributed by atoms with Gasteiger partial charge in [0, 0.05) is 18.6 Å². The molecule has 14 bridgehead atoms. The first-order valence-electron chi connectivity index (χ1n) is 33.2. The van der Waals surface area contributed by atoms with E-state index in [1.165, 1.54) is 24.5 Å². The van der Waals surface area contributed by atoms with Crippen molar-refractivity contribution in [2.75, 3.05) is 46.2 Å². The molecule has 0 spiro atoms. The number of aliphatic hydroxyl groups is 21. The number of phenolic OH excluding ortho intramolecular Hbond substituents is 3. The molecule has 0 radical (unpaired) electrons. The topological polar surface area (TPSA) is 746 Å². The molecular formula is C62H89NO44. The summed E-state index contributed by atoms with van der Waals surface area (Å²) in [5.41, 5.74) is 5.52. The molecule has 1 aromatic heterocycles. The lowest BCUT2D eigenvalue weighted by atomic mass is 9.95. The van der Waals surface area contributed by atoms with Gasteiger partial charge in [-0.2, -0.15) is 0 Å². The maximum absolute atomic E-state index is 12.4. The summed E-state index contributed by atoms with van der Waals surface area (Å²) < 4.78 is 84.7. The molecule has 3 aromatic rings. The summed E-state index contributed by atoms with van der Waals surface area (Å²) in [4.78, 5) is 32.3. The van der Waals surface area contributed by atoms with Crippen molar-refractivity contribution >= 4 is 22.9 Å². The van der Waals surface area contributed by atoms with Crippen LogP contribution in [-0.4, -0.2) is 412 Å². The second kappa shape index (κ2) is 37.3. The van der Waals surface area contributed by atoms with Crippen LogP contribution in [0.2, 0.25) is 0 Å². The number of aromatic hydroxyl groups is 3. The Bertz CT molecular complexity index is 3010. The molecule has 107 heavy (non-hydrogen) atoms. The van der Waals surface area contributed by atoms with E-state index in [4.69, 9.17) is 86.7 Å². The molecule has 0 aliphatic carbocycles. The summed E-state index contributed by atoms with van der Waals surface area (Å²) in [6, 6.07) is 7.34. The molecule has 45 heteroatoms. The molecule has 606 valence electrons. The molecule has 24 rings (SSSR count). The highest BCUT2D eigenvalue weighted by atomic mass is 16.8. The molecule has 22 heterocycles. The van der Waals surface area contributed by atoms with Gasteiger partial charge in [0.15, 0.2) is 44.0 Å². The third-order valence-corrected chi connectivity index (χ3v) is 18.8. The van der Waals surface area contributed by atoms with E-state index >= 15 is 0 Å². The van der Waals surface area contributed by atoms with Crippen LogP contribution in [0, 0.1) is 0 Å². The van der Waals surface area contributed by atoms with Crippen LogP contribution in [0.4, 0.5) is 0 Å². The SMILES string of the molecule is N[C@@H](CCC(=O)O)C(=O)O.O=c1c(-c2ccc(O)cc2)coc2cc(O)cc(O)c12.OC[C@H]1O[C@@H]2O[C@H]3[C@H](O)[C@@H](O)[C@@H](O[C@H]4[C@H](O)[C@@H](O)[C@@H](O[C@H]5[C@H](O)[C@@H](O)[C@@H](O[C@H]6[C@H](O)[C@@H](O)[C@@H](O[C@H]7[C@H](O)[C@@H](O)[C@@H](O[C@H]8[C@H](O)[C@@H](O)[C@@H](O[C@H]1[C@H](O)[C@H]2O)O[C@@H]8CO)O[C@@H]7CO)O[C@@H]6CO)O[C@@H]5CO)O[C@@H]4CO)O[C@@H]3CO. The fourth-order valence-corrected chi connectivity index (χ4v) is 12.9. The van der Waals surface area contributed by atoms with Crippen molar-refractivity contribution in [2.24, 2.45) is 5.73 Å². The molecule has 2 aromatic carbocycles. The van der Waals surface area contributed by atoms with Crippen LogP contribution in [-0.2, 0) is 75.9 Å². The fraction of sp³-hybridized carbons (Fsp3) is 0.726. The van der Waals surface area contributed by atoms with Crippen LogP contribution in [0.5, 0.6) is 17.2 Å². The lowest BCUT2D eigenvalue weighted by Gasteiger charge is -2.50. The number of carbonyl (C=O) groups is 2. The predicted molar refractivity (Wildman–Crippen MR) is 334 cm³/mol. The van der Waals surface area contributed by atoms with Crippen molar-refractivity contribution in [1.29, 1.82) is 0 Å². The smallest absolute Gasteiger partial charge is 0.320 e. The number of carboxylic acid groups (broad SMARTS) is 2. The number of phenols is 3. The Morgan fingerprint density at radius 1 is 0.364 bits per heavy atom. The highest BCUT2D eigenvalue weighted by Crippen LogP contribution is 2.40. The van der Waals surface area contributed by atoms with Gasteiger partial charge in [0.2, 0.25) is 5.43 Å². The maximum Gasteiger partial charge on any atom is 0.320 e. The molecule has 36 atom stereocenters. The van der Waals surface area contributed by atoms with Gasteiger partial charge >= 0.3 is 11.9 Å². The number of hydrogen-bond donors (Lipinski definition) is 27. The van der Waals surface area contributed by atoms with E-state index in [1.54, 1.807) is 12.1 Å². The highest BCUT2D eigenvalue weighted by Gasteiger charge is 2.60. The second-order valence-corrected chi connectivity index (χ2v) is 25.9. The van der Waals surface area contributed by atoms with Crippen LogP contribution in [0.25, 0.3) is 22.1 Å². The number of nitrogens with two attached hydrogens (primary N) is 1. The highest BCUT2D eigenvalue weighted by molar-refractivity contribution is 5.88. The lowest BCUT2D eigenvalue weighted by Crippen LogP contribution is -2.68. The van der Waals surface area contributed by atoms with Gasteiger partial charge in [0.1, 0.15) is 211 Å². The Kier molecular flexibility index (Phi) is 29.8. The predicted octanol–water partition coefficient (Wildman–Crippen LogP) is -13.4. The zero-order valence-electron chi connectivity index (χ0n) is 55.7. The molecule has 21 fully saturated rings. The summed E-state index contributed by atoms with van der Waals surface area (Å²) in [6.45, 7) is -7.33. The van der Waals surface area contributed by atoms with E-state index in [2.05, 4.69) is 0 Å². The summed E-state index contributed by atoms with van der Waals surface area (Å²) >= 11 is 0. The summed E-state index contributed by atoms with van der Waals surface area (Å²) in [5, 5.41) is 275. The van der Waals surface area contributed by atoms with Gasteiger partial charge in [0.25, 0.3) is 0 Å². The second-order valence-electron chi connectivity index (χ2n) is 25.9. The number of aliphatic hydroxyl groups excluding tert-OH is 21. The zero-order chi connectivity index (χ0) is 78.5.